The summed E-state index contributed by atoms with van der Waals surface area (Å²) in [5.74, 6) is -1.21. The van der Waals surface area contributed by atoms with E-state index in [0.717, 1.165) is 18.4 Å². The molecule has 2 aromatic rings. The first-order valence-corrected chi connectivity index (χ1v) is 15.0. The minimum atomic E-state index is -1.71. The molecule has 6 heteroatoms. The van der Waals surface area contributed by atoms with Crippen molar-refractivity contribution in [2.24, 2.45) is 0 Å². The third-order valence-corrected chi connectivity index (χ3v) is 7.11. The minimum Gasteiger partial charge on any atom is -0.494 e. The van der Waals surface area contributed by atoms with Crippen LogP contribution in [-0.2, 0) is 11.2 Å². The van der Waals surface area contributed by atoms with Gasteiger partial charge in [-0.2, -0.15) is 0 Å². The fourth-order valence-corrected chi connectivity index (χ4v) is 4.75. The summed E-state index contributed by atoms with van der Waals surface area (Å²) in [5.41, 5.74) is 1.19. The summed E-state index contributed by atoms with van der Waals surface area (Å²) < 4.78 is 5.87. The van der Waals surface area contributed by atoms with E-state index in [0.29, 0.717) is 17.9 Å². The molecule has 3 N–H and O–H groups in total. The first-order valence-electron chi connectivity index (χ1n) is 15.0. The van der Waals surface area contributed by atoms with Gasteiger partial charge in [0.2, 0.25) is 0 Å². The second-order valence-corrected chi connectivity index (χ2v) is 10.5. The summed E-state index contributed by atoms with van der Waals surface area (Å²) in [6.07, 6.45) is 16.8. The molecule has 2 aromatic carbocycles. The van der Waals surface area contributed by atoms with E-state index in [2.05, 4.69) is 12.2 Å². The molecule has 6 nitrogen and oxygen atoms in total. The highest BCUT2D eigenvalue weighted by molar-refractivity contribution is 5.95. The van der Waals surface area contributed by atoms with Gasteiger partial charge in [0.25, 0.3) is 5.91 Å². The summed E-state index contributed by atoms with van der Waals surface area (Å²) >= 11 is 0. The van der Waals surface area contributed by atoms with E-state index in [9.17, 15) is 19.8 Å². The fraction of sp³-hybridized carbons (Fsp3) is 0.576. The number of rotatable bonds is 22. The van der Waals surface area contributed by atoms with E-state index in [1.54, 1.807) is 18.2 Å². The van der Waals surface area contributed by atoms with Crippen LogP contribution in [0.3, 0.4) is 0 Å². The van der Waals surface area contributed by atoms with Crippen LogP contribution in [0.2, 0.25) is 0 Å². The van der Waals surface area contributed by atoms with Crippen LogP contribution in [0.4, 0.5) is 0 Å². The van der Waals surface area contributed by atoms with Gasteiger partial charge in [-0.1, -0.05) is 127 Å². The number of nitrogens with one attached hydrogen (secondary N) is 1. The van der Waals surface area contributed by atoms with Crippen LogP contribution >= 0.6 is 0 Å². The van der Waals surface area contributed by atoms with Gasteiger partial charge in [-0.15, -0.1) is 0 Å². The van der Waals surface area contributed by atoms with Crippen molar-refractivity contribution in [1.82, 2.24) is 5.32 Å². The highest BCUT2D eigenvalue weighted by Gasteiger charge is 2.28. The number of carbonyl (C=O) groups excluding carboxylic acids is 1. The zero-order valence-electron chi connectivity index (χ0n) is 23.8. The number of amides is 1. The van der Waals surface area contributed by atoms with Crippen LogP contribution in [0, 0.1) is 0 Å². The zero-order valence-corrected chi connectivity index (χ0v) is 23.8. The van der Waals surface area contributed by atoms with Crippen molar-refractivity contribution in [1.29, 1.82) is 0 Å². The average Bonchev–Trinajstić information content (AvgIpc) is 2.95. The lowest BCUT2D eigenvalue weighted by Crippen LogP contribution is -2.48. The highest BCUT2D eigenvalue weighted by Crippen LogP contribution is 2.16. The molecule has 0 aliphatic rings. The second kappa shape index (κ2) is 20.1. The predicted molar refractivity (Wildman–Crippen MR) is 157 cm³/mol. The maximum atomic E-state index is 12.9. The van der Waals surface area contributed by atoms with Crippen molar-refractivity contribution >= 4 is 11.9 Å². The molecular weight excluding hydrogens is 490 g/mol. The van der Waals surface area contributed by atoms with E-state index in [-0.39, 0.29) is 6.42 Å². The van der Waals surface area contributed by atoms with Crippen molar-refractivity contribution in [2.75, 3.05) is 6.61 Å². The third-order valence-electron chi connectivity index (χ3n) is 7.11. The Morgan fingerprint density at radius 1 is 0.769 bits per heavy atom. The molecule has 0 bridgehead atoms. The van der Waals surface area contributed by atoms with Crippen molar-refractivity contribution in [3.63, 3.8) is 0 Å². The van der Waals surface area contributed by atoms with Crippen LogP contribution in [0.5, 0.6) is 5.75 Å². The Bertz CT molecular complexity index is 933. The monoisotopic (exact) mass is 539 g/mol. The van der Waals surface area contributed by atoms with Gasteiger partial charge in [0.1, 0.15) is 5.75 Å². The van der Waals surface area contributed by atoms with Gasteiger partial charge in [-0.3, -0.25) is 4.79 Å². The van der Waals surface area contributed by atoms with Crippen LogP contribution in [0.1, 0.15) is 113 Å². The zero-order chi connectivity index (χ0) is 28.1. The lowest BCUT2D eigenvalue weighted by Gasteiger charge is -2.22. The van der Waals surface area contributed by atoms with Crippen molar-refractivity contribution in [2.45, 2.75) is 115 Å². The van der Waals surface area contributed by atoms with Gasteiger partial charge >= 0.3 is 5.97 Å². The molecule has 0 fully saturated rings. The van der Waals surface area contributed by atoms with Gasteiger partial charge in [0, 0.05) is 5.56 Å². The lowest BCUT2D eigenvalue weighted by molar-refractivity contribution is -0.148. The first-order chi connectivity index (χ1) is 19.0. The summed E-state index contributed by atoms with van der Waals surface area (Å²) in [7, 11) is 0. The molecule has 0 saturated heterocycles. The number of hydrogen-bond donors (Lipinski definition) is 3. The van der Waals surface area contributed by atoms with Crippen molar-refractivity contribution in [3.8, 4) is 5.75 Å². The Morgan fingerprint density at radius 2 is 1.33 bits per heavy atom. The quantitative estimate of drug-likeness (QED) is 0.136. The molecule has 2 atom stereocenters. The molecule has 0 heterocycles. The van der Waals surface area contributed by atoms with Gasteiger partial charge in [-0.25, -0.2) is 4.79 Å². The molecule has 0 saturated carbocycles. The van der Waals surface area contributed by atoms with E-state index in [1.165, 1.54) is 77.0 Å². The Morgan fingerprint density at radius 3 is 1.90 bits per heavy atom. The largest absolute Gasteiger partial charge is 0.494 e. The molecule has 0 aliphatic carbocycles. The number of aliphatic hydroxyl groups excluding tert-OH is 1. The molecule has 0 aliphatic heterocycles. The molecule has 0 unspecified atom stereocenters. The molecule has 0 radical (unpaired) electrons. The maximum Gasteiger partial charge on any atom is 0.334 e. The molecular formula is C33H49NO5. The molecule has 0 spiro atoms. The van der Waals surface area contributed by atoms with Gasteiger partial charge in [-0.05, 0) is 36.6 Å². The van der Waals surface area contributed by atoms with Crippen molar-refractivity contribution in [3.05, 3.63) is 65.7 Å². The van der Waals surface area contributed by atoms with Gasteiger partial charge in [0.15, 0.2) is 6.10 Å². The molecule has 39 heavy (non-hydrogen) atoms. The normalized spacial score (nSPS) is 12.6. The summed E-state index contributed by atoms with van der Waals surface area (Å²) in [6, 6.07) is 15.1. The van der Waals surface area contributed by atoms with E-state index in [4.69, 9.17) is 4.74 Å². The Balaban J connectivity index is 1.64. The Kier molecular flexibility index (Phi) is 16.7. The summed E-state index contributed by atoms with van der Waals surface area (Å²) in [6.45, 7) is 2.86. The third kappa shape index (κ3) is 14.2. The van der Waals surface area contributed by atoms with Gasteiger partial charge in [0.05, 0.1) is 12.6 Å². The number of aliphatic hydroxyl groups is 1. The number of aliphatic carboxylic acids is 1. The summed E-state index contributed by atoms with van der Waals surface area (Å²) in [4.78, 5) is 24.3. The minimum absolute atomic E-state index is 0.204. The molecule has 1 amide bonds. The van der Waals surface area contributed by atoms with Crippen LogP contribution in [-0.4, -0.2) is 40.8 Å². The number of unbranched alkanes of at least 4 members (excludes halogenated alkanes) is 13. The van der Waals surface area contributed by atoms with Crippen LogP contribution < -0.4 is 10.1 Å². The lowest BCUT2D eigenvalue weighted by atomic mass is 10.0. The van der Waals surface area contributed by atoms with E-state index < -0.39 is 24.0 Å². The highest BCUT2D eigenvalue weighted by atomic mass is 16.5. The predicted octanol–water partition coefficient (Wildman–Crippen LogP) is 7.33. The summed E-state index contributed by atoms with van der Waals surface area (Å²) in [5, 5.41) is 22.1. The van der Waals surface area contributed by atoms with Gasteiger partial charge < -0.3 is 20.3 Å². The number of hydrogen-bond acceptors (Lipinski definition) is 4. The van der Waals surface area contributed by atoms with E-state index in [1.807, 2.05) is 36.4 Å². The molecule has 216 valence electrons. The smallest absolute Gasteiger partial charge is 0.334 e. The number of carboxylic acid groups (broad SMARTS) is 1. The van der Waals surface area contributed by atoms with Crippen LogP contribution in [0.25, 0.3) is 0 Å². The second-order valence-electron chi connectivity index (χ2n) is 10.5. The Labute approximate surface area is 235 Å². The number of carbonyl (C=O) groups is 2. The Hall–Kier alpha value is -2.86. The molecule has 0 aromatic heterocycles. The number of ether oxygens (including phenoxy) is 1. The average molecular weight is 540 g/mol. The number of benzene rings is 2. The van der Waals surface area contributed by atoms with Crippen LogP contribution in [0.15, 0.2) is 54.6 Å². The standard InChI is InChI=1S/C33H49NO5/c1-2-3-4-5-6-7-8-9-10-11-12-13-14-18-24-39-29-23-19-22-28(26-29)32(36)34-30(31(35)33(37)38)25-27-20-16-15-17-21-27/h15-17,19-23,26,30-31,35H,2-14,18,24-25H2,1H3,(H,34,36)(H,37,38)/t30-,31+/m0/s1. The topological polar surface area (TPSA) is 95.9 Å². The maximum absolute atomic E-state index is 12.9. The number of carboxylic acids is 1. The first kappa shape index (κ1) is 32.4. The SMILES string of the molecule is CCCCCCCCCCCCCCCCOc1cccc(C(=O)N[C@@H](Cc2ccccc2)[C@@H](O)C(=O)O)c1. The molecule has 2 rings (SSSR count). The fourth-order valence-electron chi connectivity index (χ4n) is 4.75. The van der Waals surface area contributed by atoms with E-state index >= 15 is 0 Å². The van der Waals surface area contributed by atoms with Crippen molar-refractivity contribution < 1.29 is 24.5 Å².